The third kappa shape index (κ3) is 4.59. The summed E-state index contributed by atoms with van der Waals surface area (Å²) >= 11 is 0. The average Bonchev–Trinajstić information content (AvgIpc) is 3.27. The van der Waals surface area contributed by atoms with Gasteiger partial charge in [0.25, 0.3) is 0 Å². The lowest BCUT2D eigenvalue weighted by Crippen LogP contribution is -2.57. The number of aromatic nitrogens is 3. The Bertz CT molecular complexity index is 1290. The minimum atomic E-state index is -0.440. The lowest BCUT2D eigenvalue weighted by Gasteiger charge is -2.45. The van der Waals surface area contributed by atoms with Crippen molar-refractivity contribution in [3.8, 4) is 5.75 Å². The lowest BCUT2D eigenvalue weighted by molar-refractivity contribution is 0.113. The van der Waals surface area contributed by atoms with E-state index in [2.05, 4.69) is 20.3 Å². The standard InChI is InChI=1S/C23H28N8O3/c24-21-26-22(25)31(23(27-21)9-2-1-3-10-23)15-17-14-30(29-28-17)11-4-12-33-18-7-5-16-6-8-20(32)34-19(16)13-18/h5-8,13-14H,1-4,9-12,15H2,(H4,24,25,26,27). The molecule has 1 aromatic carbocycles. The van der Waals surface area contributed by atoms with Gasteiger partial charge >= 0.3 is 5.63 Å². The number of ether oxygens (including phenoxy) is 1. The van der Waals surface area contributed by atoms with Gasteiger partial charge in [0.2, 0.25) is 11.9 Å². The number of aryl methyl sites for hydroxylation is 1. The molecule has 11 nitrogen and oxygen atoms in total. The SMILES string of the molecule is NC1=NC2(CCCCC2)N(Cc2cn(CCCOc3ccc4ccc(=O)oc4c3)nn2)C(N)=N1. The van der Waals surface area contributed by atoms with E-state index in [4.69, 9.17) is 20.6 Å². The van der Waals surface area contributed by atoms with Crippen molar-refractivity contribution in [3.05, 3.63) is 52.6 Å². The van der Waals surface area contributed by atoms with Crippen molar-refractivity contribution in [2.75, 3.05) is 6.61 Å². The first-order chi connectivity index (χ1) is 16.5. The van der Waals surface area contributed by atoms with E-state index in [1.165, 1.54) is 12.5 Å². The molecule has 0 radical (unpaired) electrons. The monoisotopic (exact) mass is 464 g/mol. The van der Waals surface area contributed by atoms with Crippen molar-refractivity contribution in [2.24, 2.45) is 21.5 Å². The van der Waals surface area contributed by atoms with Gasteiger partial charge in [-0.25, -0.2) is 9.79 Å². The number of fused-ring (bicyclic) bond motifs is 1. The second kappa shape index (κ2) is 9.16. The van der Waals surface area contributed by atoms with Gasteiger partial charge in [0.05, 0.1) is 19.3 Å². The normalized spacial score (nSPS) is 17.6. The van der Waals surface area contributed by atoms with Crippen molar-refractivity contribution < 1.29 is 9.15 Å². The van der Waals surface area contributed by atoms with Crippen LogP contribution in [0.2, 0.25) is 0 Å². The van der Waals surface area contributed by atoms with Crippen LogP contribution in [0.4, 0.5) is 0 Å². The van der Waals surface area contributed by atoms with Gasteiger partial charge in [-0.1, -0.05) is 11.6 Å². The highest BCUT2D eigenvalue weighted by atomic mass is 16.5. The van der Waals surface area contributed by atoms with Crippen molar-refractivity contribution >= 4 is 22.9 Å². The van der Waals surface area contributed by atoms with E-state index in [9.17, 15) is 4.79 Å². The van der Waals surface area contributed by atoms with Crippen LogP contribution in [0.1, 0.15) is 44.2 Å². The predicted molar refractivity (Wildman–Crippen MR) is 127 cm³/mol. The number of aliphatic imine (C=N–C) groups is 2. The third-order valence-corrected chi connectivity index (χ3v) is 6.29. The summed E-state index contributed by atoms with van der Waals surface area (Å²) in [5.41, 5.74) is 12.7. The molecular formula is C23H28N8O3. The molecule has 3 aromatic rings. The predicted octanol–water partition coefficient (Wildman–Crippen LogP) is 1.96. The fraction of sp³-hybridized carbons (Fsp3) is 0.435. The van der Waals surface area contributed by atoms with Gasteiger partial charge in [0.15, 0.2) is 0 Å². The summed E-state index contributed by atoms with van der Waals surface area (Å²) in [7, 11) is 0. The second-order valence-electron chi connectivity index (χ2n) is 8.70. The van der Waals surface area contributed by atoms with E-state index < -0.39 is 5.66 Å². The highest BCUT2D eigenvalue weighted by Crippen LogP contribution is 2.37. The number of hydrogen-bond acceptors (Lipinski definition) is 10. The Kier molecular flexibility index (Phi) is 5.91. The third-order valence-electron chi connectivity index (χ3n) is 6.29. The topological polar surface area (TPSA) is 150 Å². The maximum Gasteiger partial charge on any atom is 0.336 e. The number of hydrogen-bond donors (Lipinski definition) is 2. The molecule has 1 aliphatic carbocycles. The molecule has 1 aliphatic heterocycles. The summed E-state index contributed by atoms with van der Waals surface area (Å²) in [6.07, 6.45) is 7.79. The van der Waals surface area contributed by atoms with Gasteiger partial charge in [-0.05, 0) is 43.9 Å². The Morgan fingerprint density at radius 3 is 2.79 bits per heavy atom. The number of nitrogens with two attached hydrogens (primary N) is 2. The van der Waals surface area contributed by atoms with Gasteiger partial charge in [-0.15, -0.1) is 5.10 Å². The summed E-state index contributed by atoms with van der Waals surface area (Å²) in [5.74, 6) is 1.27. The Labute approximate surface area is 196 Å². The largest absolute Gasteiger partial charge is 0.493 e. The molecule has 3 heterocycles. The quantitative estimate of drug-likeness (QED) is 0.398. The van der Waals surface area contributed by atoms with Gasteiger partial charge in [-0.3, -0.25) is 4.68 Å². The maximum atomic E-state index is 11.4. The number of guanidine groups is 2. The van der Waals surface area contributed by atoms with Crippen molar-refractivity contribution in [1.29, 1.82) is 0 Å². The molecule has 34 heavy (non-hydrogen) atoms. The zero-order valence-corrected chi connectivity index (χ0v) is 18.9. The molecule has 5 rings (SSSR count). The number of rotatable bonds is 7. The van der Waals surface area contributed by atoms with E-state index in [0.29, 0.717) is 37.0 Å². The first kappa shape index (κ1) is 21.9. The molecule has 2 aromatic heterocycles. The zero-order chi connectivity index (χ0) is 23.5. The molecule has 0 bridgehead atoms. The van der Waals surface area contributed by atoms with Crippen LogP contribution in [-0.4, -0.2) is 44.1 Å². The molecule has 178 valence electrons. The first-order valence-corrected chi connectivity index (χ1v) is 11.5. The van der Waals surface area contributed by atoms with Gasteiger partial charge in [0, 0.05) is 30.5 Å². The molecule has 11 heteroatoms. The first-order valence-electron chi connectivity index (χ1n) is 11.5. The molecule has 4 N–H and O–H groups in total. The van der Waals surface area contributed by atoms with E-state index in [-0.39, 0.29) is 11.6 Å². The summed E-state index contributed by atoms with van der Waals surface area (Å²) < 4.78 is 12.8. The van der Waals surface area contributed by atoms with Crippen LogP contribution in [0.25, 0.3) is 11.0 Å². The molecule has 0 amide bonds. The molecule has 0 atom stereocenters. The molecule has 2 aliphatic rings. The lowest BCUT2D eigenvalue weighted by atomic mass is 9.87. The minimum Gasteiger partial charge on any atom is -0.493 e. The van der Waals surface area contributed by atoms with Crippen molar-refractivity contribution in [3.63, 3.8) is 0 Å². The van der Waals surface area contributed by atoms with Gasteiger partial charge < -0.3 is 25.5 Å². The van der Waals surface area contributed by atoms with Crippen LogP contribution in [0.3, 0.4) is 0 Å². The highest BCUT2D eigenvalue weighted by Gasteiger charge is 2.41. The Morgan fingerprint density at radius 2 is 1.94 bits per heavy atom. The second-order valence-corrected chi connectivity index (χ2v) is 8.70. The van der Waals surface area contributed by atoms with E-state index in [1.54, 1.807) is 16.8 Å². The molecule has 0 unspecified atom stereocenters. The minimum absolute atomic E-state index is 0.243. The fourth-order valence-corrected chi connectivity index (χ4v) is 4.65. The van der Waals surface area contributed by atoms with Crippen molar-refractivity contribution in [2.45, 2.75) is 57.3 Å². The Morgan fingerprint density at radius 1 is 1.12 bits per heavy atom. The Balaban J connectivity index is 1.17. The summed E-state index contributed by atoms with van der Waals surface area (Å²) in [4.78, 5) is 22.3. The molecular weight excluding hydrogens is 436 g/mol. The van der Waals surface area contributed by atoms with E-state index >= 15 is 0 Å². The maximum absolute atomic E-state index is 11.4. The van der Waals surface area contributed by atoms with Gasteiger partial charge in [0.1, 0.15) is 22.7 Å². The zero-order valence-electron chi connectivity index (χ0n) is 18.9. The summed E-state index contributed by atoms with van der Waals surface area (Å²) in [6, 6.07) is 8.58. The van der Waals surface area contributed by atoms with Gasteiger partial charge in [-0.2, -0.15) is 4.99 Å². The average molecular weight is 465 g/mol. The molecule has 0 saturated heterocycles. The van der Waals surface area contributed by atoms with E-state index in [1.807, 2.05) is 23.2 Å². The van der Waals surface area contributed by atoms with Crippen LogP contribution < -0.4 is 21.8 Å². The smallest absolute Gasteiger partial charge is 0.336 e. The number of benzene rings is 1. The molecule has 1 fully saturated rings. The van der Waals surface area contributed by atoms with Crippen LogP contribution in [-0.2, 0) is 13.1 Å². The van der Waals surface area contributed by atoms with Crippen LogP contribution >= 0.6 is 0 Å². The molecule has 1 saturated carbocycles. The number of nitrogens with zero attached hydrogens (tertiary/aromatic N) is 6. The Hall–Kier alpha value is -3.89. The van der Waals surface area contributed by atoms with E-state index in [0.717, 1.165) is 43.2 Å². The highest BCUT2D eigenvalue weighted by molar-refractivity contribution is 5.95. The molecule has 1 spiro atoms. The summed E-state index contributed by atoms with van der Waals surface area (Å²) in [5, 5.41) is 9.41. The fourth-order valence-electron chi connectivity index (χ4n) is 4.65. The van der Waals surface area contributed by atoms with Crippen molar-refractivity contribution in [1.82, 2.24) is 19.9 Å². The summed E-state index contributed by atoms with van der Waals surface area (Å²) in [6.45, 7) is 1.61. The van der Waals surface area contributed by atoms with Crippen LogP contribution in [0.15, 0.2) is 55.7 Å². The van der Waals surface area contributed by atoms with Crippen LogP contribution in [0, 0.1) is 0 Å². The van der Waals surface area contributed by atoms with Crippen LogP contribution in [0.5, 0.6) is 5.75 Å².